The lowest BCUT2D eigenvalue weighted by atomic mass is 10.1. The quantitative estimate of drug-likeness (QED) is 0.606. The van der Waals surface area contributed by atoms with Gasteiger partial charge in [-0.2, -0.15) is 5.10 Å². The Balaban J connectivity index is 1.68. The fraction of sp³-hybridized carbons (Fsp3) is 0.238. The van der Waals surface area contributed by atoms with Gasteiger partial charge in [0.25, 0.3) is 5.91 Å². The number of H-pyrrole nitrogens is 1. The van der Waals surface area contributed by atoms with E-state index in [-0.39, 0.29) is 5.91 Å². The summed E-state index contributed by atoms with van der Waals surface area (Å²) >= 11 is 0. The molecule has 0 unspecified atom stereocenters. The summed E-state index contributed by atoms with van der Waals surface area (Å²) in [5.41, 5.74) is 4.35. The summed E-state index contributed by atoms with van der Waals surface area (Å²) in [7, 11) is 0. The van der Waals surface area contributed by atoms with Crippen LogP contribution >= 0.6 is 0 Å². The number of hydrogen-bond acceptors (Lipinski definition) is 3. The molecule has 1 heterocycles. The minimum absolute atomic E-state index is 0.151. The van der Waals surface area contributed by atoms with Crippen LogP contribution in [-0.4, -0.2) is 22.7 Å². The maximum Gasteiger partial charge on any atom is 0.255 e. The van der Waals surface area contributed by atoms with E-state index in [2.05, 4.69) is 22.4 Å². The van der Waals surface area contributed by atoms with Gasteiger partial charge in [0.2, 0.25) is 0 Å². The normalized spacial score (nSPS) is 10.7. The van der Waals surface area contributed by atoms with Crippen molar-refractivity contribution < 1.29 is 9.53 Å². The molecule has 134 valence electrons. The lowest BCUT2D eigenvalue weighted by Crippen LogP contribution is -2.23. The van der Waals surface area contributed by atoms with Gasteiger partial charge in [-0.05, 0) is 17.5 Å². The fourth-order valence-corrected chi connectivity index (χ4v) is 2.75. The van der Waals surface area contributed by atoms with E-state index in [4.69, 9.17) is 4.74 Å². The molecular formula is C21H23N3O2. The van der Waals surface area contributed by atoms with E-state index < -0.39 is 0 Å². The molecule has 5 heteroatoms. The third-order valence-corrected chi connectivity index (χ3v) is 4.11. The van der Waals surface area contributed by atoms with E-state index in [1.807, 2.05) is 54.6 Å². The summed E-state index contributed by atoms with van der Waals surface area (Å²) in [5, 5.41) is 9.94. The van der Waals surface area contributed by atoms with Gasteiger partial charge in [-0.15, -0.1) is 0 Å². The number of ether oxygens (including phenoxy) is 1. The minimum atomic E-state index is -0.151. The predicted molar refractivity (Wildman–Crippen MR) is 102 cm³/mol. The van der Waals surface area contributed by atoms with E-state index in [1.54, 1.807) is 6.20 Å². The molecule has 0 fully saturated rings. The average Bonchev–Trinajstić information content (AvgIpc) is 3.18. The van der Waals surface area contributed by atoms with E-state index in [0.717, 1.165) is 35.4 Å². The molecule has 0 saturated heterocycles. The summed E-state index contributed by atoms with van der Waals surface area (Å²) in [5.74, 6) is -0.151. The van der Waals surface area contributed by atoms with Gasteiger partial charge >= 0.3 is 0 Å². The van der Waals surface area contributed by atoms with Crippen LogP contribution in [0.5, 0.6) is 0 Å². The number of carbonyl (C=O) groups is 1. The minimum Gasteiger partial charge on any atom is -0.377 e. The number of aromatic amines is 1. The molecule has 0 aliphatic rings. The van der Waals surface area contributed by atoms with Gasteiger partial charge in [0.05, 0.1) is 24.1 Å². The smallest absolute Gasteiger partial charge is 0.255 e. The van der Waals surface area contributed by atoms with Gasteiger partial charge in [0, 0.05) is 18.7 Å². The van der Waals surface area contributed by atoms with Gasteiger partial charge in [-0.3, -0.25) is 9.89 Å². The molecule has 0 saturated carbocycles. The van der Waals surface area contributed by atoms with Crippen LogP contribution in [0.2, 0.25) is 0 Å². The first-order chi connectivity index (χ1) is 12.8. The summed E-state index contributed by atoms with van der Waals surface area (Å²) in [6.45, 7) is 3.82. The van der Waals surface area contributed by atoms with Crippen molar-refractivity contribution in [1.29, 1.82) is 0 Å². The highest BCUT2D eigenvalue weighted by Gasteiger charge is 2.15. The Labute approximate surface area is 153 Å². The van der Waals surface area contributed by atoms with Crippen LogP contribution in [0, 0.1) is 0 Å². The molecule has 1 aromatic heterocycles. The number of hydrogen-bond donors (Lipinski definition) is 2. The molecule has 5 nitrogen and oxygen atoms in total. The second kappa shape index (κ2) is 8.97. The predicted octanol–water partition coefficient (Wildman–Crippen LogP) is 3.93. The van der Waals surface area contributed by atoms with Gasteiger partial charge < -0.3 is 10.1 Å². The summed E-state index contributed by atoms with van der Waals surface area (Å²) in [4.78, 5) is 12.6. The Morgan fingerprint density at radius 3 is 2.58 bits per heavy atom. The van der Waals surface area contributed by atoms with E-state index in [0.29, 0.717) is 18.7 Å². The Morgan fingerprint density at radius 1 is 1.08 bits per heavy atom. The maximum absolute atomic E-state index is 12.6. The van der Waals surface area contributed by atoms with Crippen LogP contribution < -0.4 is 5.32 Å². The Hall–Kier alpha value is -2.92. The van der Waals surface area contributed by atoms with Crippen molar-refractivity contribution in [3.63, 3.8) is 0 Å². The fourth-order valence-electron chi connectivity index (χ4n) is 2.75. The van der Waals surface area contributed by atoms with Crippen LogP contribution in [0.25, 0.3) is 11.3 Å². The number of rotatable bonds is 8. The average molecular weight is 349 g/mol. The molecule has 1 amide bonds. The second-order valence-electron chi connectivity index (χ2n) is 6.03. The zero-order chi connectivity index (χ0) is 18.2. The van der Waals surface area contributed by atoms with Gasteiger partial charge in [0.1, 0.15) is 0 Å². The lowest BCUT2D eigenvalue weighted by molar-refractivity contribution is 0.0950. The lowest BCUT2D eigenvalue weighted by Gasteiger charge is -2.11. The Kier molecular flexibility index (Phi) is 6.17. The van der Waals surface area contributed by atoms with Crippen molar-refractivity contribution in [2.24, 2.45) is 0 Å². The van der Waals surface area contributed by atoms with Crippen molar-refractivity contribution in [1.82, 2.24) is 15.5 Å². The number of amides is 1. The second-order valence-corrected chi connectivity index (χ2v) is 6.03. The first kappa shape index (κ1) is 17.9. The van der Waals surface area contributed by atoms with Crippen molar-refractivity contribution in [2.45, 2.75) is 26.5 Å². The molecule has 3 rings (SSSR count). The highest BCUT2D eigenvalue weighted by atomic mass is 16.5. The molecule has 0 aliphatic heterocycles. The van der Waals surface area contributed by atoms with Gasteiger partial charge in [0.15, 0.2) is 0 Å². The van der Waals surface area contributed by atoms with Crippen LogP contribution in [0.4, 0.5) is 0 Å². The number of nitrogens with one attached hydrogen (secondary N) is 2. The molecule has 0 bridgehead atoms. The zero-order valence-electron chi connectivity index (χ0n) is 14.9. The summed E-state index contributed by atoms with van der Waals surface area (Å²) < 4.78 is 5.64. The third-order valence-electron chi connectivity index (χ3n) is 4.11. The topological polar surface area (TPSA) is 67.0 Å². The SMILES string of the molecule is CCCOCc1ccccc1CNC(=O)c1cn[nH]c1-c1ccccc1. The van der Waals surface area contributed by atoms with Crippen LogP contribution in [0.15, 0.2) is 60.8 Å². The van der Waals surface area contributed by atoms with Crippen molar-refractivity contribution in [3.8, 4) is 11.3 Å². The van der Waals surface area contributed by atoms with Gasteiger partial charge in [-0.1, -0.05) is 61.5 Å². The molecule has 26 heavy (non-hydrogen) atoms. The highest BCUT2D eigenvalue weighted by molar-refractivity contribution is 5.99. The zero-order valence-corrected chi connectivity index (χ0v) is 14.9. The summed E-state index contributed by atoms with van der Waals surface area (Å²) in [6.07, 6.45) is 2.55. The molecule has 0 atom stereocenters. The van der Waals surface area contributed by atoms with Crippen molar-refractivity contribution >= 4 is 5.91 Å². The number of benzene rings is 2. The molecule has 2 N–H and O–H groups in total. The Bertz CT molecular complexity index is 843. The van der Waals surface area contributed by atoms with Crippen LogP contribution in [0.3, 0.4) is 0 Å². The molecule has 0 radical (unpaired) electrons. The highest BCUT2D eigenvalue weighted by Crippen LogP contribution is 2.20. The van der Waals surface area contributed by atoms with Crippen molar-refractivity contribution in [2.75, 3.05) is 6.61 Å². The standard InChI is InChI=1S/C21H23N3O2/c1-2-12-26-15-18-11-7-6-10-17(18)13-22-21(25)19-14-23-24-20(19)16-8-4-3-5-9-16/h3-11,14H,2,12-13,15H2,1H3,(H,22,25)(H,23,24). The molecule has 2 aromatic carbocycles. The van der Waals surface area contributed by atoms with E-state index in [1.165, 1.54) is 0 Å². The van der Waals surface area contributed by atoms with Crippen LogP contribution in [0.1, 0.15) is 34.8 Å². The number of nitrogens with zero attached hydrogens (tertiary/aromatic N) is 1. The number of aromatic nitrogens is 2. The monoisotopic (exact) mass is 349 g/mol. The van der Waals surface area contributed by atoms with Gasteiger partial charge in [-0.25, -0.2) is 0 Å². The maximum atomic E-state index is 12.6. The largest absolute Gasteiger partial charge is 0.377 e. The molecule has 0 spiro atoms. The van der Waals surface area contributed by atoms with E-state index in [9.17, 15) is 4.79 Å². The number of carbonyl (C=O) groups excluding carboxylic acids is 1. The van der Waals surface area contributed by atoms with Crippen molar-refractivity contribution in [3.05, 3.63) is 77.5 Å². The molecule has 0 aliphatic carbocycles. The van der Waals surface area contributed by atoms with Crippen LogP contribution in [-0.2, 0) is 17.9 Å². The Morgan fingerprint density at radius 2 is 1.81 bits per heavy atom. The summed E-state index contributed by atoms with van der Waals surface area (Å²) in [6, 6.07) is 17.7. The third kappa shape index (κ3) is 4.37. The molecular weight excluding hydrogens is 326 g/mol. The molecule has 3 aromatic rings. The first-order valence-electron chi connectivity index (χ1n) is 8.81. The first-order valence-corrected chi connectivity index (χ1v) is 8.81. The van der Waals surface area contributed by atoms with E-state index >= 15 is 0 Å².